The Morgan fingerprint density at radius 3 is 1.98 bits per heavy atom. The molecular weight excluding hydrogens is 707 g/mol. The largest absolute Gasteiger partial charge is 0.508 e. The van der Waals surface area contributed by atoms with Crippen LogP contribution in [0.5, 0.6) is 5.75 Å². The summed E-state index contributed by atoms with van der Waals surface area (Å²) < 4.78 is 11.2. The molecule has 0 fully saturated rings. The molecule has 0 heterocycles. The molecule has 0 radical (unpaired) electrons. The Morgan fingerprint density at radius 2 is 1.25 bits per heavy atom. The fourth-order valence-corrected chi connectivity index (χ4v) is 5.39. The summed E-state index contributed by atoms with van der Waals surface area (Å²) in [6.45, 7) is 8.58. The van der Waals surface area contributed by atoms with E-state index < -0.39 is 0 Å². The van der Waals surface area contributed by atoms with Crippen molar-refractivity contribution in [1.82, 2.24) is 16.0 Å². The monoisotopic (exact) mass is 753 g/mol. The molecule has 0 saturated carbocycles. The zero-order valence-corrected chi connectivity index (χ0v) is 31.3. The van der Waals surface area contributed by atoms with Gasteiger partial charge in [0.05, 0.1) is 33.0 Å². The van der Waals surface area contributed by atoms with Crippen LogP contribution in [0.4, 0.5) is 11.4 Å². The molecule has 12 heteroatoms. The molecule has 0 atom stereocenters. The van der Waals surface area contributed by atoms with Gasteiger partial charge in [-0.1, -0.05) is 79.4 Å². The van der Waals surface area contributed by atoms with Gasteiger partial charge < -0.3 is 41.2 Å². The molecule has 0 unspecified atom stereocenters. The summed E-state index contributed by atoms with van der Waals surface area (Å²) in [5.74, 6) is 1.07. The third-order valence-corrected chi connectivity index (χ3v) is 8.17. The molecule has 2 amide bonds. The molecule has 56 heavy (non-hydrogen) atoms. The molecule has 0 saturated heterocycles. The van der Waals surface area contributed by atoms with Gasteiger partial charge in [-0.25, -0.2) is 4.99 Å². The van der Waals surface area contributed by atoms with Crippen LogP contribution in [0, 0.1) is 0 Å². The fraction of sp³-hybridized carbons (Fsp3) is 0.182. The lowest BCUT2D eigenvalue weighted by molar-refractivity contribution is 0.0512. The second-order valence-corrected chi connectivity index (χ2v) is 12.4. The van der Waals surface area contributed by atoms with Crippen molar-refractivity contribution in [3.05, 3.63) is 163 Å². The van der Waals surface area contributed by atoms with E-state index in [2.05, 4.69) is 61.3 Å². The predicted octanol–water partition coefficient (Wildman–Crippen LogP) is 6.81. The molecule has 0 aliphatic heterocycles. The molecule has 5 rings (SSSR count). The summed E-state index contributed by atoms with van der Waals surface area (Å²) in [5, 5.41) is 25.1. The number of amidine groups is 1. The maximum absolute atomic E-state index is 13.0. The highest BCUT2D eigenvalue weighted by atomic mass is 16.5. The summed E-state index contributed by atoms with van der Waals surface area (Å²) in [4.78, 5) is 34.2. The third kappa shape index (κ3) is 13.6. The Hall–Kier alpha value is -6.76. The van der Waals surface area contributed by atoms with E-state index in [0.717, 1.165) is 16.7 Å². The number of aromatic hydroxyl groups is 1. The van der Waals surface area contributed by atoms with Crippen LogP contribution in [0.2, 0.25) is 0 Å². The Bertz CT molecular complexity index is 2070. The van der Waals surface area contributed by atoms with Gasteiger partial charge in [-0.2, -0.15) is 0 Å². The minimum Gasteiger partial charge on any atom is -0.508 e. The first-order valence-corrected chi connectivity index (χ1v) is 18.2. The van der Waals surface area contributed by atoms with Crippen molar-refractivity contribution in [2.24, 2.45) is 9.98 Å². The van der Waals surface area contributed by atoms with E-state index >= 15 is 0 Å². The molecular formula is C44H47N7O5. The minimum absolute atomic E-state index is 0.135. The summed E-state index contributed by atoms with van der Waals surface area (Å²) in [6.07, 6.45) is 0. The van der Waals surface area contributed by atoms with Gasteiger partial charge in [0.25, 0.3) is 11.8 Å². The topological polar surface area (TPSA) is 158 Å². The number of ether oxygens (including phenoxy) is 2. The van der Waals surface area contributed by atoms with E-state index in [1.807, 2.05) is 54.6 Å². The number of hydrogen-bond donors (Lipinski definition) is 6. The number of nitrogens with one attached hydrogen (secondary N) is 5. The first kappa shape index (κ1) is 40.4. The number of guanidine groups is 1. The molecule has 5 aromatic rings. The quantitative estimate of drug-likeness (QED) is 0.0247. The highest BCUT2D eigenvalue weighted by molar-refractivity contribution is 6.03. The van der Waals surface area contributed by atoms with E-state index in [4.69, 9.17) is 9.47 Å². The number of phenols is 1. The first-order valence-electron chi connectivity index (χ1n) is 18.2. The van der Waals surface area contributed by atoms with Gasteiger partial charge in [-0.05, 0) is 84.3 Å². The molecule has 0 bridgehead atoms. The number of nitrogens with zero attached hydrogens (tertiary/aromatic N) is 2. The molecule has 0 aliphatic rings. The van der Waals surface area contributed by atoms with Crippen molar-refractivity contribution in [2.45, 2.75) is 13.5 Å². The maximum Gasteiger partial charge on any atom is 0.251 e. The number of hydrogen-bond acceptors (Lipinski definition) is 7. The standard InChI is InChI=1S/C44H47N7O5/c1-32(45-25-27-55-29-30-56-28-26-46-42(53)35-13-7-4-8-14-35)49-44(51-39-21-23-40(52)24-22-39)50-33(2)48-38-19-17-36(18-20-38)43(54)47-31-37-15-9-10-16-41(37)34-11-5-3-6-12-34/h3-24,48,52H,2,25-31H2,1H3,(H,46,53)(H,47,54)(H2,45,49,50,51). The molecule has 0 spiro atoms. The van der Waals surface area contributed by atoms with Gasteiger partial charge in [0.2, 0.25) is 5.96 Å². The van der Waals surface area contributed by atoms with Crippen molar-refractivity contribution < 1.29 is 24.2 Å². The number of carbonyl (C=O) groups is 2. The van der Waals surface area contributed by atoms with Crippen molar-refractivity contribution in [1.29, 1.82) is 0 Å². The number of rotatable bonds is 18. The van der Waals surface area contributed by atoms with Gasteiger partial charge in [-0.3, -0.25) is 14.6 Å². The second-order valence-electron chi connectivity index (χ2n) is 12.4. The van der Waals surface area contributed by atoms with Crippen LogP contribution in [0.25, 0.3) is 11.1 Å². The highest BCUT2D eigenvalue weighted by Crippen LogP contribution is 2.23. The Morgan fingerprint density at radius 1 is 0.661 bits per heavy atom. The van der Waals surface area contributed by atoms with Crippen LogP contribution in [0.15, 0.2) is 156 Å². The summed E-state index contributed by atoms with van der Waals surface area (Å²) in [7, 11) is 0. The summed E-state index contributed by atoms with van der Waals surface area (Å²) in [6, 6.07) is 40.8. The zero-order valence-electron chi connectivity index (χ0n) is 31.3. The predicted molar refractivity (Wildman–Crippen MR) is 223 cm³/mol. The van der Waals surface area contributed by atoms with Crippen LogP contribution in [0.1, 0.15) is 33.2 Å². The van der Waals surface area contributed by atoms with Crippen LogP contribution in [-0.4, -0.2) is 68.2 Å². The number of carbonyl (C=O) groups excluding carboxylic acids is 2. The van der Waals surface area contributed by atoms with Crippen molar-refractivity contribution in [3.63, 3.8) is 0 Å². The first-order chi connectivity index (χ1) is 27.3. The zero-order chi connectivity index (χ0) is 39.4. The Labute approximate surface area is 327 Å². The lowest BCUT2D eigenvalue weighted by Crippen LogP contribution is -2.33. The SMILES string of the molecule is C=C(NC(=NC(C)=NCCOCCOCCNC(=O)c1ccccc1)Nc1ccc(O)cc1)Nc1ccc(C(=O)NCc2ccccc2-c2ccccc2)cc1. The van der Waals surface area contributed by atoms with Crippen LogP contribution in [-0.2, 0) is 16.0 Å². The maximum atomic E-state index is 13.0. The van der Waals surface area contributed by atoms with E-state index in [1.165, 1.54) is 0 Å². The number of benzene rings is 5. The van der Waals surface area contributed by atoms with Gasteiger partial charge in [0.1, 0.15) is 17.4 Å². The number of anilines is 2. The minimum atomic E-state index is -0.182. The van der Waals surface area contributed by atoms with Gasteiger partial charge >= 0.3 is 0 Å². The number of aliphatic imine (C=N–C) groups is 2. The lowest BCUT2D eigenvalue weighted by Gasteiger charge is -2.16. The summed E-state index contributed by atoms with van der Waals surface area (Å²) >= 11 is 0. The van der Waals surface area contributed by atoms with E-state index in [9.17, 15) is 14.7 Å². The molecule has 12 nitrogen and oxygen atoms in total. The normalized spacial score (nSPS) is 11.4. The van der Waals surface area contributed by atoms with Crippen molar-refractivity contribution >= 4 is 35.0 Å². The molecule has 288 valence electrons. The van der Waals surface area contributed by atoms with Crippen LogP contribution >= 0.6 is 0 Å². The van der Waals surface area contributed by atoms with Gasteiger partial charge in [0.15, 0.2) is 0 Å². The lowest BCUT2D eigenvalue weighted by atomic mass is 10.00. The van der Waals surface area contributed by atoms with Crippen LogP contribution < -0.4 is 26.6 Å². The molecule has 0 aliphatic carbocycles. The molecule has 5 aromatic carbocycles. The van der Waals surface area contributed by atoms with Gasteiger partial charge in [-0.15, -0.1) is 0 Å². The smallest absolute Gasteiger partial charge is 0.251 e. The van der Waals surface area contributed by atoms with Crippen molar-refractivity contribution in [2.75, 3.05) is 50.2 Å². The summed E-state index contributed by atoms with van der Waals surface area (Å²) in [5.41, 5.74) is 5.73. The number of phenolic OH excluding ortho intramolecular Hbond substituents is 1. The highest BCUT2D eigenvalue weighted by Gasteiger charge is 2.10. The van der Waals surface area contributed by atoms with Gasteiger partial charge in [0, 0.05) is 35.6 Å². The average Bonchev–Trinajstić information content (AvgIpc) is 3.22. The second kappa shape index (κ2) is 21.8. The van der Waals surface area contributed by atoms with Crippen LogP contribution in [0.3, 0.4) is 0 Å². The molecule has 0 aromatic heterocycles. The fourth-order valence-electron chi connectivity index (χ4n) is 5.39. The van der Waals surface area contributed by atoms with E-state index in [1.54, 1.807) is 67.6 Å². The van der Waals surface area contributed by atoms with Crippen molar-refractivity contribution in [3.8, 4) is 16.9 Å². The van der Waals surface area contributed by atoms with E-state index in [-0.39, 0.29) is 17.6 Å². The number of amides is 2. The Kier molecular flexibility index (Phi) is 15.8. The third-order valence-electron chi connectivity index (χ3n) is 8.17. The van der Waals surface area contributed by atoms with E-state index in [0.29, 0.717) is 86.2 Å². The average molecular weight is 754 g/mol. The Balaban J connectivity index is 1.07. The molecule has 6 N–H and O–H groups in total.